The van der Waals surface area contributed by atoms with Crippen LogP contribution in [0.3, 0.4) is 0 Å². The summed E-state index contributed by atoms with van der Waals surface area (Å²) in [6, 6.07) is 7.65. The maximum atomic E-state index is 13.0. The van der Waals surface area contributed by atoms with Gasteiger partial charge in [0.15, 0.2) is 0 Å². The molecule has 3 nitrogen and oxygen atoms in total. The van der Waals surface area contributed by atoms with Crippen LogP contribution in [0.4, 0.5) is 20.2 Å². The highest BCUT2D eigenvalue weighted by atomic mass is 19.1. The van der Waals surface area contributed by atoms with E-state index in [0.29, 0.717) is 16.8 Å². The van der Waals surface area contributed by atoms with Crippen molar-refractivity contribution in [3.63, 3.8) is 0 Å². The van der Waals surface area contributed by atoms with E-state index in [0.717, 1.165) is 18.2 Å². The zero-order valence-corrected chi connectivity index (χ0v) is 10.2. The Hall–Kier alpha value is -2.43. The first kappa shape index (κ1) is 13.0. The minimum atomic E-state index is -0.746. The Labute approximate surface area is 109 Å². The number of amides is 1. The van der Waals surface area contributed by atoms with Crippen LogP contribution in [0.5, 0.6) is 0 Å². The van der Waals surface area contributed by atoms with Crippen molar-refractivity contribution >= 4 is 17.3 Å². The van der Waals surface area contributed by atoms with E-state index in [1.807, 2.05) is 0 Å². The van der Waals surface area contributed by atoms with E-state index in [1.165, 1.54) is 0 Å². The molecule has 3 N–H and O–H groups in total. The van der Waals surface area contributed by atoms with E-state index < -0.39 is 17.5 Å². The van der Waals surface area contributed by atoms with Crippen LogP contribution in [0, 0.1) is 18.6 Å². The number of hydrogen-bond acceptors (Lipinski definition) is 2. The van der Waals surface area contributed by atoms with Crippen LogP contribution in [0.15, 0.2) is 36.4 Å². The molecule has 0 saturated heterocycles. The Morgan fingerprint density at radius 2 is 1.74 bits per heavy atom. The van der Waals surface area contributed by atoms with E-state index in [9.17, 15) is 13.6 Å². The van der Waals surface area contributed by atoms with Crippen molar-refractivity contribution in [3.05, 3.63) is 59.2 Å². The summed E-state index contributed by atoms with van der Waals surface area (Å²) in [6.07, 6.45) is 0. The van der Waals surface area contributed by atoms with Gasteiger partial charge in [0, 0.05) is 23.0 Å². The second-order valence-electron chi connectivity index (χ2n) is 4.19. The largest absolute Gasteiger partial charge is 0.399 e. The highest BCUT2D eigenvalue weighted by Crippen LogP contribution is 2.17. The Kier molecular flexibility index (Phi) is 3.46. The quantitative estimate of drug-likeness (QED) is 0.817. The number of halogens is 2. The van der Waals surface area contributed by atoms with Gasteiger partial charge >= 0.3 is 0 Å². The summed E-state index contributed by atoms with van der Waals surface area (Å²) in [5, 5.41) is 2.44. The molecule has 1 amide bonds. The maximum Gasteiger partial charge on any atom is 0.255 e. The smallest absolute Gasteiger partial charge is 0.255 e. The lowest BCUT2D eigenvalue weighted by Crippen LogP contribution is -2.13. The molecule has 0 unspecified atom stereocenters. The molecule has 0 radical (unpaired) electrons. The summed E-state index contributed by atoms with van der Waals surface area (Å²) in [5.74, 6) is -1.93. The molecule has 2 rings (SSSR count). The van der Waals surface area contributed by atoms with Crippen LogP contribution < -0.4 is 11.1 Å². The standard InChI is InChI=1S/C14H12F2N2O/c1-8-4-11(17)2-3-13(8)14(19)18-12-6-9(15)5-10(16)7-12/h2-7H,17H2,1H3,(H,18,19). The second kappa shape index (κ2) is 5.06. The molecule has 0 bridgehead atoms. The van der Waals surface area contributed by atoms with Crippen LogP contribution in [-0.4, -0.2) is 5.91 Å². The molecule has 19 heavy (non-hydrogen) atoms. The summed E-state index contributed by atoms with van der Waals surface area (Å²) in [7, 11) is 0. The number of nitrogen functional groups attached to an aromatic ring is 1. The third kappa shape index (κ3) is 3.07. The number of anilines is 2. The number of benzene rings is 2. The van der Waals surface area contributed by atoms with E-state index >= 15 is 0 Å². The zero-order valence-electron chi connectivity index (χ0n) is 10.2. The van der Waals surface area contributed by atoms with Gasteiger partial charge in [0.05, 0.1) is 0 Å². The molecule has 0 fully saturated rings. The minimum Gasteiger partial charge on any atom is -0.399 e. The van der Waals surface area contributed by atoms with Gasteiger partial charge < -0.3 is 11.1 Å². The fourth-order valence-corrected chi connectivity index (χ4v) is 1.77. The molecule has 5 heteroatoms. The lowest BCUT2D eigenvalue weighted by molar-refractivity contribution is 0.102. The van der Waals surface area contributed by atoms with Crippen molar-refractivity contribution in [3.8, 4) is 0 Å². The predicted molar refractivity (Wildman–Crippen MR) is 69.9 cm³/mol. The molecule has 0 aliphatic carbocycles. The molecule has 2 aromatic carbocycles. The van der Waals surface area contributed by atoms with Gasteiger partial charge in [-0.2, -0.15) is 0 Å². The Morgan fingerprint density at radius 3 is 2.32 bits per heavy atom. The van der Waals surface area contributed by atoms with E-state index in [-0.39, 0.29) is 5.69 Å². The molecule has 98 valence electrons. The first-order valence-electron chi connectivity index (χ1n) is 5.59. The summed E-state index contributed by atoms with van der Waals surface area (Å²) in [4.78, 5) is 12.0. The first-order valence-corrected chi connectivity index (χ1v) is 5.59. The second-order valence-corrected chi connectivity index (χ2v) is 4.19. The highest BCUT2D eigenvalue weighted by molar-refractivity contribution is 6.05. The van der Waals surface area contributed by atoms with Crippen LogP contribution in [-0.2, 0) is 0 Å². The Balaban J connectivity index is 2.25. The maximum absolute atomic E-state index is 13.0. The number of carbonyl (C=O) groups excluding carboxylic acids is 1. The molecular weight excluding hydrogens is 250 g/mol. The average Bonchev–Trinajstić information content (AvgIpc) is 2.26. The van der Waals surface area contributed by atoms with E-state index in [1.54, 1.807) is 25.1 Å². The van der Waals surface area contributed by atoms with Gasteiger partial charge in [0.25, 0.3) is 5.91 Å². The van der Waals surface area contributed by atoms with Gasteiger partial charge in [-0.3, -0.25) is 4.79 Å². The van der Waals surface area contributed by atoms with Crippen LogP contribution in [0.1, 0.15) is 15.9 Å². The van der Waals surface area contributed by atoms with Gasteiger partial charge in [-0.05, 0) is 42.8 Å². The summed E-state index contributed by atoms with van der Waals surface area (Å²) in [5.41, 5.74) is 7.30. The fourth-order valence-electron chi connectivity index (χ4n) is 1.77. The van der Waals surface area contributed by atoms with E-state index in [4.69, 9.17) is 5.73 Å². The number of aryl methyl sites for hydroxylation is 1. The van der Waals surface area contributed by atoms with Crippen molar-refractivity contribution in [1.82, 2.24) is 0 Å². The lowest BCUT2D eigenvalue weighted by atomic mass is 10.1. The SMILES string of the molecule is Cc1cc(N)ccc1C(=O)Nc1cc(F)cc(F)c1. The predicted octanol–water partition coefficient (Wildman–Crippen LogP) is 3.11. The minimum absolute atomic E-state index is 0.0683. The van der Waals surface area contributed by atoms with Crippen molar-refractivity contribution in [2.45, 2.75) is 6.92 Å². The highest BCUT2D eigenvalue weighted by Gasteiger charge is 2.10. The molecule has 0 aliphatic rings. The van der Waals surface area contributed by atoms with Gasteiger partial charge in [-0.15, -0.1) is 0 Å². The molecular formula is C14H12F2N2O. The lowest BCUT2D eigenvalue weighted by Gasteiger charge is -2.08. The third-order valence-electron chi connectivity index (χ3n) is 2.62. The van der Waals surface area contributed by atoms with Crippen molar-refractivity contribution in [2.75, 3.05) is 11.1 Å². The Morgan fingerprint density at radius 1 is 1.11 bits per heavy atom. The molecule has 0 aromatic heterocycles. The molecule has 0 aliphatic heterocycles. The molecule has 2 aromatic rings. The third-order valence-corrected chi connectivity index (χ3v) is 2.62. The average molecular weight is 262 g/mol. The van der Waals surface area contributed by atoms with Gasteiger partial charge in [0.2, 0.25) is 0 Å². The van der Waals surface area contributed by atoms with Crippen molar-refractivity contribution < 1.29 is 13.6 Å². The summed E-state index contributed by atoms with van der Waals surface area (Å²) >= 11 is 0. The molecule has 0 atom stereocenters. The zero-order chi connectivity index (χ0) is 14.0. The van der Waals surface area contributed by atoms with Gasteiger partial charge in [-0.1, -0.05) is 0 Å². The fraction of sp³-hybridized carbons (Fsp3) is 0.0714. The number of nitrogens with two attached hydrogens (primary N) is 1. The van der Waals surface area contributed by atoms with E-state index in [2.05, 4.69) is 5.32 Å². The van der Waals surface area contributed by atoms with Crippen molar-refractivity contribution in [1.29, 1.82) is 0 Å². The van der Waals surface area contributed by atoms with Crippen LogP contribution >= 0.6 is 0 Å². The van der Waals surface area contributed by atoms with Crippen LogP contribution in [0.2, 0.25) is 0 Å². The molecule has 0 heterocycles. The number of nitrogens with one attached hydrogen (secondary N) is 1. The van der Waals surface area contributed by atoms with Crippen molar-refractivity contribution in [2.24, 2.45) is 0 Å². The monoisotopic (exact) mass is 262 g/mol. The number of hydrogen-bond donors (Lipinski definition) is 2. The number of rotatable bonds is 2. The molecule has 0 saturated carbocycles. The first-order chi connectivity index (χ1) is 8.95. The summed E-state index contributed by atoms with van der Waals surface area (Å²) < 4.78 is 26.0. The normalized spacial score (nSPS) is 10.3. The molecule has 0 spiro atoms. The Bertz CT molecular complexity index is 621. The number of carbonyl (C=O) groups is 1. The van der Waals surface area contributed by atoms with Crippen LogP contribution in [0.25, 0.3) is 0 Å². The topological polar surface area (TPSA) is 55.1 Å². The van der Waals surface area contributed by atoms with Gasteiger partial charge in [-0.25, -0.2) is 8.78 Å². The van der Waals surface area contributed by atoms with Gasteiger partial charge in [0.1, 0.15) is 11.6 Å². The summed E-state index contributed by atoms with van der Waals surface area (Å²) in [6.45, 7) is 1.73.